The molecule has 150 valence electrons. The molecule has 0 fully saturated rings. The van der Waals surface area contributed by atoms with Crippen LogP contribution in [0.1, 0.15) is 21.9 Å². The number of thioether (sulfide) groups is 1. The van der Waals surface area contributed by atoms with E-state index in [1.54, 1.807) is 12.1 Å². The number of nitrogens with zero attached hydrogens (tertiary/aromatic N) is 2. The SMILES string of the molecule is Cc1ccc(-c2ccc(SCc3ccc(C(=O)Nc4ccc(F)cc4)o3)nn2)cc1. The summed E-state index contributed by atoms with van der Waals surface area (Å²) in [5, 5.41) is 12.0. The van der Waals surface area contributed by atoms with Crippen LogP contribution in [0.5, 0.6) is 0 Å². The Hall–Kier alpha value is -3.45. The number of anilines is 1. The molecule has 0 radical (unpaired) electrons. The molecule has 0 aliphatic heterocycles. The lowest BCUT2D eigenvalue weighted by atomic mass is 10.1. The number of aryl methyl sites for hydroxylation is 1. The maximum Gasteiger partial charge on any atom is 0.291 e. The van der Waals surface area contributed by atoms with E-state index in [2.05, 4.69) is 15.5 Å². The fraction of sp³-hybridized carbons (Fsp3) is 0.0870. The van der Waals surface area contributed by atoms with Gasteiger partial charge < -0.3 is 9.73 Å². The highest BCUT2D eigenvalue weighted by molar-refractivity contribution is 7.98. The van der Waals surface area contributed by atoms with Gasteiger partial charge in [-0.1, -0.05) is 41.6 Å². The van der Waals surface area contributed by atoms with E-state index in [1.807, 2.05) is 43.3 Å². The van der Waals surface area contributed by atoms with Gasteiger partial charge in [-0.2, -0.15) is 0 Å². The summed E-state index contributed by atoms with van der Waals surface area (Å²) in [6.45, 7) is 2.04. The van der Waals surface area contributed by atoms with Gasteiger partial charge in [0.25, 0.3) is 5.91 Å². The molecule has 4 rings (SSSR count). The third kappa shape index (κ3) is 4.93. The molecule has 1 amide bonds. The molecular weight excluding hydrogens is 401 g/mol. The number of carbonyl (C=O) groups is 1. The lowest BCUT2D eigenvalue weighted by Gasteiger charge is -2.03. The zero-order valence-electron chi connectivity index (χ0n) is 16.1. The van der Waals surface area contributed by atoms with Crippen molar-refractivity contribution in [2.24, 2.45) is 0 Å². The van der Waals surface area contributed by atoms with E-state index < -0.39 is 0 Å². The molecule has 2 aromatic heterocycles. The Balaban J connectivity index is 1.34. The number of hydrogen-bond acceptors (Lipinski definition) is 5. The quantitative estimate of drug-likeness (QED) is 0.404. The first-order valence-electron chi connectivity index (χ1n) is 9.26. The molecule has 0 aliphatic carbocycles. The first-order chi connectivity index (χ1) is 14.6. The highest BCUT2D eigenvalue weighted by atomic mass is 32.2. The summed E-state index contributed by atoms with van der Waals surface area (Å²) >= 11 is 1.47. The van der Waals surface area contributed by atoms with Crippen molar-refractivity contribution < 1.29 is 13.6 Å². The predicted octanol–water partition coefficient (Wildman–Crippen LogP) is 5.73. The molecule has 30 heavy (non-hydrogen) atoms. The second-order valence-corrected chi connectivity index (χ2v) is 7.63. The summed E-state index contributed by atoms with van der Waals surface area (Å²) in [7, 11) is 0. The molecule has 2 heterocycles. The zero-order chi connectivity index (χ0) is 20.9. The Morgan fingerprint density at radius 1 is 0.967 bits per heavy atom. The van der Waals surface area contributed by atoms with E-state index in [-0.39, 0.29) is 17.5 Å². The van der Waals surface area contributed by atoms with Crippen molar-refractivity contribution in [2.75, 3.05) is 5.32 Å². The highest BCUT2D eigenvalue weighted by Gasteiger charge is 2.12. The van der Waals surface area contributed by atoms with Gasteiger partial charge in [0, 0.05) is 11.3 Å². The Labute approximate surface area is 177 Å². The van der Waals surface area contributed by atoms with Crippen molar-refractivity contribution in [2.45, 2.75) is 17.7 Å². The normalized spacial score (nSPS) is 10.7. The van der Waals surface area contributed by atoms with Crippen molar-refractivity contribution in [1.82, 2.24) is 10.2 Å². The molecule has 2 aromatic carbocycles. The van der Waals surface area contributed by atoms with Crippen molar-refractivity contribution in [3.05, 3.63) is 95.7 Å². The summed E-state index contributed by atoms with van der Waals surface area (Å²) in [4.78, 5) is 12.3. The van der Waals surface area contributed by atoms with E-state index >= 15 is 0 Å². The van der Waals surface area contributed by atoms with E-state index in [0.717, 1.165) is 16.3 Å². The summed E-state index contributed by atoms with van der Waals surface area (Å²) in [6.07, 6.45) is 0. The van der Waals surface area contributed by atoms with Crippen LogP contribution in [0.3, 0.4) is 0 Å². The van der Waals surface area contributed by atoms with E-state index in [9.17, 15) is 9.18 Å². The van der Waals surface area contributed by atoms with E-state index in [4.69, 9.17) is 4.42 Å². The zero-order valence-corrected chi connectivity index (χ0v) is 16.9. The molecule has 1 N–H and O–H groups in total. The van der Waals surface area contributed by atoms with Crippen LogP contribution in [0.15, 0.2) is 82.2 Å². The number of aromatic nitrogens is 2. The summed E-state index contributed by atoms with van der Waals surface area (Å²) < 4.78 is 18.6. The fourth-order valence-corrected chi connectivity index (χ4v) is 3.43. The van der Waals surface area contributed by atoms with Crippen LogP contribution in [0, 0.1) is 12.7 Å². The largest absolute Gasteiger partial charge is 0.455 e. The standard InChI is InChI=1S/C23H18FN3O2S/c1-15-2-4-16(5-3-15)20-11-13-22(27-26-20)30-14-19-10-12-21(29-19)23(28)25-18-8-6-17(24)7-9-18/h2-13H,14H2,1H3,(H,25,28). The summed E-state index contributed by atoms with van der Waals surface area (Å²) in [5.41, 5.74) is 3.53. The summed E-state index contributed by atoms with van der Waals surface area (Å²) in [5.74, 6) is 0.604. The average Bonchev–Trinajstić information content (AvgIpc) is 3.24. The molecule has 0 spiro atoms. The van der Waals surface area contributed by atoms with Crippen molar-refractivity contribution >= 4 is 23.4 Å². The number of nitrogens with one attached hydrogen (secondary N) is 1. The molecule has 0 aliphatic rings. The van der Waals surface area contributed by atoms with Gasteiger partial charge in [-0.3, -0.25) is 4.79 Å². The molecular formula is C23H18FN3O2S. The van der Waals surface area contributed by atoms with Gasteiger partial charge in [-0.25, -0.2) is 4.39 Å². The fourth-order valence-electron chi connectivity index (χ4n) is 2.72. The van der Waals surface area contributed by atoms with Crippen LogP contribution >= 0.6 is 11.8 Å². The van der Waals surface area contributed by atoms with Gasteiger partial charge in [0.05, 0.1) is 11.4 Å². The average molecular weight is 419 g/mol. The van der Waals surface area contributed by atoms with Crippen LogP contribution in [0.2, 0.25) is 0 Å². The number of rotatable bonds is 6. The topological polar surface area (TPSA) is 68.0 Å². The van der Waals surface area contributed by atoms with Crippen molar-refractivity contribution in [3.8, 4) is 11.3 Å². The lowest BCUT2D eigenvalue weighted by Crippen LogP contribution is -2.10. The third-order valence-electron chi connectivity index (χ3n) is 4.34. The molecule has 4 aromatic rings. The maximum absolute atomic E-state index is 13.0. The summed E-state index contributed by atoms with van der Waals surface area (Å²) in [6, 6.07) is 20.9. The van der Waals surface area contributed by atoms with Gasteiger partial charge in [0.1, 0.15) is 16.6 Å². The molecule has 0 atom stereocenters. The van der Waals surface area contributed by atoms with Crippen LogP contribution in [-0.2, 0) is 5.75 Å². The molecule has 0 bridgehead atoms. The number of amides is 1. The first kappa shape index (κ1) is 19.8. The number of furan rings is 1. The van der Waals surface area contributed by atoms with Crippen molar-refractivity contribution in [1.29, 1.82) is 0 Å². The minimum Gasteiger partial charge on any atom is -0.455 e. The smallest absolute Gasteiger partial charge is 0.291 e. The van der Waals surface area contributed by atoms with E-state index in [1.165, 1.54) is 41.6 Å². The number of benzene rings is 2. The van der Waals surface area contributed by atoms with Gasteiger partial charge in [0.15, 0.2) is 5.76 Å². The van der Waals surface area contributed by atoms with Crippen molar-refractivity contribution in [3.63, 3.8) is 0 Å². The highest BCUT2D eigenvalue weighted by Crippen LogP contribution is 2.24. The minimum absolute atomic E-state index is 0.190. The van der Waals surface area contributed by atoms with Crippen LogP contribution in [0.25, 0.3) is 11.3 Å². The first-order valence-corrected chi connectivity index (χ1v) is 10.2. The molecule has 0 saturated heterocycles. The Bertz CT molecular complexity index is 1140. The van der Waals surface area contributed by atoms with Crippen LogP contribution in [0.4, 0.5) is 10.1 Å². The lowest BCUT2D eigenvalue weighted by molar-refractivity contribution is 0.0995. The molecule has 0 saturated carbocycles. The monoisotopic (exact) mass is 419 g/mol. The Kier molecular flexibility index (Phi) is 5.90. The minimum atomic E-state index is -0.389. The molecule has 5 nitrogen and oxygen atoms in total. The van der Waals surface area contributed by atoms with Gasteiger partial charge in [0.2, 0.25) is 0 Å². The van der Waals surface area contributed by atoms with Gasteiger partial charge in [-0.05, 0) is 55.5 Å². The second-order valence-electron chi connectivity index (χ2n) is 6.64. The Morgan fingerprint density at radius 3 is 2.43 bits per heavy atom. The molecule has 7 heteroatoms. The second kappa shape index (κ2) is 8.92. The maximum atomic E-state index is 13.0. The van der Waals surface area contributed by atoms with Gasteiger partial charge in [-0.15, -0.1) is 10.2 Å². The number of hydrogen-bond donors (Lipinski definition) is 1. The predicted molar refractivity (Wildman–Crippen MR) is 115 cm³/mol. The molecule has 0 unspecified atom stereocenters. The van der Waals surface area contributed by atoms with Crippen LogP contribution < -0.4 is 5.32 Å². The number of halogens is 1. The third-order valence-corrected chi connectivity index (χ3v) is 5.28. The van der Waals surface area contributed by atoms with Gasteiger partial charge >= 0.3 is 0 Å². The van der Waals surface area contributed by atoms with Crippen LogP contribution in [-0.4, -0.2) is 16.1 Å². The van der Waals surface area contributed by atoms with E-state index in [0.29, 0.717) is 17.2 Å². The number of carbonyl (C=O) groups excluding carboxylic acids is 1. The Morgan fingerprint density at radius 2 is 1.73 bits per heavy atom.